The fourth-order valence-corrected chi connectivity index (χ4v) is 0.799. The van der Waals surface area contributed by atoms with Crippen LogP contribution in [0.4, 0.5) is 4.79 Å². The summed E-state index contributed by atoms with van der Waals surface area (Å²) >= 11 is 0. The van der Waals surface area contributed by atoms with E-state index in [1.54, 1.807) is 6.92 Å². The van der Waals surface area contributed by atoms with E-state index < -0.39 is 12.4 Å². The number of carbonyl (C=O) groups is 1. The molecule has 1 atom stereocenters. The molecule has 0 spiro atoms. The SMILES string of the molecule is CCCCCOC(C)OC(N)=O. The van der Waals surface area contributed by atoms with Crippen molar-refractivity contribution >= 4 is 6.09 Å². The lowest BCUT2D eigenvalue weighted by Gasteiger charge is -2.11. The van der Waals surface area contributed by atoms with Gasteiger partial charge in [-0.15, -0.1) is 0 Å². The fraction of sp³-hybridized carbons (Fsp3) is 0.875. The Labute approximate surface area is 73.0 Å². The van der Waals surface area contributed by atoms with E-state index in [1.165, 1.54) is 0 Å². The molecule has 0 aromatic rings. The van der Waals surface area contributed by atoms with Crippen LogP contribution >= 0.6 is 0 Å². The summed E-state index contributed by atoms with van der Waals surface area (Å²) in [6.45, 7) is 4.38. The van der Waals surface area contributed by atoms with Crippen molar-refractivity contribution in [1.82, 2.24) is 0 Å². The average molecular weight is 175 g/mol. The monoisotopic (exact) mass is 175 g/mol. The van der Waals surface area contributed by atoms with Gasteiger partial charge in [0.1, 0.15) is 0 Å². The smallest absolute Gasteiger partial charge is 0.406 e. The number of carbonyl (C=O) groups excluding carboxylic acids is 1. The van der Waals surface area contributed by atoms with E-state index in [-0.39, 0.29) is 0 Å². The van der Waals surface area contributed by atoms with Crippen LogP contribution in [0.25, 0.3) is 0 Å². The van der Waals surface area contributed by atoms with Gasteiger partial charge in [-0.1, -0.05) is 19.8 Å². The number of amides is 1. The van der Waals surface area contributed by atoms with E-state index in [0.29, 0.717) is 6.61 Å². The minimum atomic E-state index is -0.794. The summed E-state index contributed by atoms with van der Waals surface area (Å²) in [6.07, 6.45) is 1.94. The zero-order valence-electron chi connectivity index (χ0n) is 7.71. The van der Waals surface area contributed by atoms with Gasteiger partial charge in [0.25, 0.3) is 0 Å². The van der Waals surface area contributed by atoms with Crippen LogP contribution < -0.4 is 5.73 Å². The maximum Gasteiger partial charge on any atom is 0.406 e. The van der Waals surface area contributed by atoms with E-state index in [2.05, 4.69) is 11.7 Å². The molecule has 0 aromatic carbocycles. The molecular weight excluding hydrogens is 158 g/mol. The van der Waals surface area contributed by atoms with Gasteiger partial charge in [-0.25, -0.2) is 4.79 Å². The molecule has 0 aromatic heterocycles. The zero-order chi connectivity index (χ0) is 9.40. The van der Waals surface area contributed by atoms with Gasteiger partial charge in [0.15, 0.2) is 0 Å². The van der Waals surface area contributed by atoms with Crippen LogP contribution in [0.5, 0.6) is 0 Å². The summed E-state index contributed by atoms with van der Waals surface area (Å²) in [7, 11) is 0. The van der Waals surface area contributed by atoms with Gasteiger partial charge >= 0.3 is 6.09 Å². The minimum absolute atomic E-state index is 0.528. The predicted molar refractivity (Wildman–Crippen MR) is 45.6 cm³/mol. The third kappa shape index (κ3) is 7.34. The Kier molecular flexibility index (Phi) is 6.47. The molecule has 1 unspecified atom stereocenters. The summed E-state index contributed by atoms with van der Waals surface area (Å²) in [4.78, 5) is 10.2. The molecule has 0 aliphatic heterocycles. The third-order valence-electron chi connectivity index (χ3n) is 1.38. The van der Waals surface area contributed by atoms with Crippen molar-refractivity contribution in [3.63, 3.8) is 0 Å². The van der Waals surface area contributed by atoms with Crippen molar-refractivity contribution in [2.45, 2.75) is 39.4 Å². The van der Waals surface area contributed by atoms with Gasteiger partial charge in [0.2, 0.25) is 6.29 Å². The molecule has 0 bridgehead atoms. The summed E-state index contributed by atoms with van der Waals surface area (Å²) in [5.74, 6) is 0. The van der Waals surface area contributed by atoms with Crippen molar-refractivity contribution in [3.8, 4) is 0 Å². The largest absolute Gasteiger partial charge is 0.420 e. The Morgan fingerprint density at radius 2 is 2.17 bits per heavy atom. The molecule has 12 heavy (non-hydrogen) atoms. The Morgan fingerprint density at radius 1 is 1.50 bits per heavy atom. The molecule has 0 aliphatic rings. The summed E-state index contributed by atoms with van der Waals surface area (Å²) in [5.41, 5.74) is 4.78. The summed E-state index contributed by atoms with van der Waals surface area (Å²) in [5, 5.41) is 0. The molecule has 4 nitrogen and oxygen atoms in total. The standard InChI is InChI=1S/C8H17NO3/c1-3-4-5-6-11-7(2)12-8(9)10/h7H,3-6H2,1-2H3,(H2,9,10). The van der Waals surface area contributed by atoms with Crippen LogP contribution in [0.2, 0.25) is 0 Å². The molecule has 0 saturated carbocycles. The third-order valence-corrected chi connectivity index (χ3v) is 1.38. The van der Waals surface area contributed by atoms with Crippen molar-refractivity contribution in [2.75, 3.05) is 6.61 Å². The highest BCUT2D eigenvalue weighted by Gasteiger charge is 2.04. The molecule has 0 saturated heterocycles. The average Bonchev–Trinajstić information content (AvgIpc) is 1.97. The molecule has 0 radical (unpaired) electrons. The van der Waals surface area contributed by atoms with Gasteiger partial charge in [0, 0.05) is 0 Å². The quantitative estimate of drug-likeness (QED) is 0.493. The second-order valence-corrected chi connectivity index (χ2v) is 2.58. The lowest BCUT2D eigenvalue weighted by Crippen LogP contribution is -2.22. The number of hydrogen-bond donors (Lipinski definition) is 1. The molecule has 72 valence electrons. The Balaban J connectivity index is 3.19. The van der Waals surface area contributed by atoms with Crippen molar-refractivity contribution in [2.24, 2.45) is 5.73 Å². The van der Waals surface area contributed by atoms with Gasteiger partial charge in [-0.2, -0.15) is 0 Å². The van der Waals surface area contributed by atoms with E-state index in [4.69, 9.17) is 10.5 Å². The molecule has 0 heterocycles. The van der Waals surface area contributed by atoms with E-state index in [1.807, 2.05) is 0 Å². The van der Waals surface area contributed by atoms with Crippen LogP contribution in [0.3, 0.4) is 0 Å². The normalized spacial score (nSPS) is 12.5. The molecule has 0 fully saturated rings. The number of primary amides is 1. The van der Waals surface area contributed by atoms with Crippen LogP contribution in [-0.2, 0) is 9.47 Å². The van der Waals surface area contributed by atoms with Crippen LogP contribution in [0.1, 0.15) is 33.1 Å². The van der Waals surface area contributed by atoms with Crippen molar-refractivity contribution in [1.29, 1.82) is 0 Å². The lowest BCUT2D eigenvalue weighted by molar-refractivity contribution is -0.0894. The van der Waals surface area contributed by atoms with Gasteiger partial charge in [0.05, 0.1) is 6.61 Å². The molecule has 2 N–H and O–H groups in total. The minimum Gasteiger partial charge on any atom is -0.420 e. The first-order chi connectivity index (χ1) is 5.66. The van der Waals surface area contributed by atoms with Gasteiger partial charge in [-0.05, 0) is 13.3 Å². The highest BCUT2D eigenvalue weighted by Crippen LogP contribution is 1.98. The van der Waals surface area contributed by atoms with Crippen molar-refractivity contribution in [3.05, 3.63) is 0 Å². The molecule has 1 amide bonds. The highest BCUT2D eigenvalue weighted by molar-refractivity contribution is 5.64. The van der Waals surface area contributed by atoms with E-state index in [9.17, 15) is 4.79 Å². The maximum absolute atomic E-state index is 10.2. The summed E-state index contributed by atoms with van der Waals surface area (Å²) < 4.78 is 9.68. The Hall–Kier alpha value is -0.770. The van der Waals surface area contributed by atoms with Gasteiger partial charge in [-0.3, -0.25) is 0 Å². The first-order valence-corrected chi connectivity index (χ1v) is 4.24. The Bertz CT molecular complexity index is 127. The first kappa shape index (κ1) is 11.2. The fourth-order valence-electron chi connectivity index (χ4n) is 0.799. The van der Waals surface area contributed by atoms with Crippen LogP contribution in [0, 0.1) is 0 Å². The molecule has 0 aliphatic carbocycles. The lowest BCUT2D eigenvalue weighted by atomic mass is 10.3. The topological polar surface area (TPSA) is 61.6 Å². The second-order valence-electron chi connectivity index (χ2n) is 2.58. The Morgan fingerprint density at radius 3 is 2.67 bits per heavy atom. The van der Waals surface area contributed by atoms with Gasteiger partial charge < -0.3 is 15.2 Å². The maximum atomic E-state index is 10.2. The highest BCUT2D eigenvalue weighted by atomic mass is 16.7. The second kappa shape index (κ2) is 6.91. The number of hydrogen-bond acceptors (Lipinski definition) is 3. The van der Waals surface area contributed by atoms with E-state index in [0.717, 1.165) is 19.3 Å². The molecule has 4 heteroatoms. The van der Waals surface area contributed by atoms with E-state index >= 15 is 0 Å². The van der Waals surface area contributed by atoms with Crippen LogP contribution in [0.15, 0.2) is 0 Å². The predicted octanol–water partition coefficient (Wildman–Crippen LogP) is 1.63. The number of unbranched alkanes of at least 4 members (excludes halogenated alkanes) is 2. The zero-order valence-corrected chi connectivity index (χ0v) is 7.71. The first-order valence-electron chi connectivity index (χ1n) is 4.24. The number of ether oxygens (including phenoxy) is 2. The van der Waals surface area contributed by atoms with Crippen LogP contribution in [-0.4, -0.2) is 19.0 Å². The molecule has 0 rings (SSSR count). The number of rotatable bonds is 6. The molecular formula is C8H17NO3. The summed E-state index contributed by atoms with van der Waals surface area (Å²) in [6, 6.07) is 0. The number of nitrogens with two attached hydrogens (primary N) is 1. The van der Waals surface area contributed by atoms with Crippen molar-refractivity contribution < 1.29 is 14.3 Å².